The van der Waals surface area contributed by atoms with Crippen molar-refractivity contribution in [3.63, 3.8) is 0 Å². The van der Waals surface area contributed by atoms with E-state index in [0.29, 0.717) is 0 Å². The van der Waals surface area contributed by atoms with E-state index in [1.807, 2.05) is 0 Å². The third kappa shape index (κ3) is 6.08. The first-order valence-corrected chi connectivity index (χ1v) is 7.83. The summed E-state index contributed by atoms with van der Waals surface area (Å²) in [6, 6.07) is 0. The molecule has 0 amide bonds. The molecular weight excluding hydrogens is 335 g/mol. The van der Waals surface area contributed by atoms with Gasteiger partial charge in [0.1, 0.15) is 0 Å². The summed E-state index contributed by atoms with van der Waals surface area (Å²) < 4.78 is 21.8. The molecule has 0 unspecified atom stereocenters. The number of nitrogens with two attached hydrogens (primary N) is 1. The van der Waals surface area contributed by atoms with E-state index in [4.69, 9.17) is 21.1 Å². The molecule has 3 N–H and O–H groups in total. The Kier molecular flexibility index (Phi) is 6.76. The van der Waals surface area contributed by atoms with Crippen LogP contribution in [0, 0.1) is 0 Å². The Bertz CT molecular complexity index is 377. The van der Waals surface area contributed by atoms with Crippen LogP contribution < -0.4 is 10.1 Å². The van der Waals surface area contributed by atoms with Crippen molar-refractivity contribution in [2.24, 2.45) is 5.73 Å². The van der Waals surface area contributed by atoms with Crippen molar-refractivity contribution < 1.29 is 47.7 Å². The normalized spacial score (nSPS) is 12.5. The third-order valence-corrected chi connectivity index (χ3v) is 4.80. The van der Waals surface area contributed by atoms with Crippen LogP contribution in [0.2, 0.25) is 0 Å². The second kappa shape index (κ2) is 7.35. The van der Waals surface area contributed by atoms with Crippen LogP contribution >= 0.6 is 0 Å². The second-order valence-electron chi connectivity index (χ2n) is 3.50. The zero-order valence-corrected chi connectivity index (χ0v) is 13.1. The Morgan fingerprint density at radius 1 is 0.810 bits per heavy atom. The van der Waals surface area contributed by atoms with Gasteiger partial charge >= 0.3 is 122 Å². The van der Waals surface area contributed by atoms with Gasteiger partial charge in [0, 0.05) is 0 Å². The zero-order chi connectivity index (χ0) is 16.7. The molecule has 21 heavy (non-hydrogen) atoms. The van der Waals surface area contributed by atoms with Crippen molar-refractivity contribution in [1.82, 2.24) is 4.37 Å². The molecule has 10 nitrogen and oxygen atoms in total. The molecule has 126 valence electrons. The van der Waals surface area contributed by atoms with Gasteiger partial charge < -0.3 is 0 Å². The quantitative estimate of drug-likeness (QED) is 0.587. The first kappa shape index (κ1) is 19.3. The minimum absolute atomic E-state index is 0.0113. The second-order valence-corrected chi connectivity index (χ2v) is 6.61. The van der Waals surface area contributed by atoms with Gasteiger partial charge in [-0.05, 0) is 0 Å². The monoisotopic (exact) mass is 354 g/mol. The van der Waals surface area contributed by atoms with E-state index in [1.165, 1.54) is 0 Å². The summed E-state index contributed by atoms with van der Waals surface area (Å²) in [6.07, 6.45) is 0. The summed E-state index contributed by atoms with van der Waals surface area (Å²) in [7, 11) is 0. The van der Waals surface area contributed by atoms with E-state index in [0.717, 1.165) is 27.7 Å². The van der Waals surface area contributed by atoms with Gasteiger partial charge in [0.15, 0.2) is 0 Å². The standard InChI is InChI=1S/C2H7N2.4C2H4O2.Co/c3-1-2-4;4*1-2(3)4;/h3H,1-2,4H2;4*1H3,(H,3,4);/q-1;;;;;+5/p-4. The summed E-state index contributed by atoms with van der Waals surface area (Å²) >= 11 is -5.32. The topological polar surface area (TPSA) is 143 Å². The molecule has 0 aromatic rings. The Hall–Kier alpha value is -1.69. The molecule has 0 saturated heterocycles. The molecule has 0 aliphatic carbocycles. The van der Waals surface area contributed by atoms with Crippen LogP contribution in [0.5, 0.6) is 0 Å². The van der Waals surface area contributed by atoms with Crippen molar-refractivity contribution in [2.45, 2.75) is 27.7 Å². The molecule has 0 atom stereocenters. The number of carbonyl (C=O) groups is 4. The van der Waals surface area contributed by atoms with Crippen LogP contribution in [0.1, 0.15) is 27.7 Å². The van der Waals surface area contributed by atoms with Gasteiger partial charge in [0.25, 0.3) is 0 Å². The first-order chi connectivity index (χ1) is 9.54. The molecule has 11 heteroatoms. The molecule has 0 bridgehead atoms. The third-order valence-electron chi connectivity index (χ3n) is 1.27. The average Bonchev–Trinajstić information content (AvgIpc) is 2.21. The summed E-state index contributed by atoms with van der Waals surface area (Å²) in [4.78, 5) is 45.3. The van der Waals surface area contributed by atoms with Crippen LogP contribution in [0.3, 0.4) is 0 Å². The van der Waals surface area contributed by atoms with Gasteiger partial charge in [-0.15, -0.1) is 0 Å². The molecule has 0 rings (SSSR count). The van der Waals surface area contributed by atoms with Crippen molar-refractivity contribution in [1.29, 1.82) is 0 Å². The fourth-order valence-electron chi connectivity index (χ4n) is 1.02. The van der Waals surface area contributed by atoms with E-state index in [1.54, 1.807) is 0 Å². The Morgan fingerprint density at radius 2 is 1.10 bits per heavy atom. The van der Waals surface area contributed by atoms with Crippen LogP contribution in [-0.4, -0.2) is 37.0 Å². The fraction of sp³-hybridized carbons (Fsp3) is 0.600. The first-order valence-electron chi connectivity index (χ1n) is 5.61. The number of nitrogens with one attached hydrogen (secondary N) is 1. The van der Waals surface area contributed by atoms with Crippen LogP contribution in [0.15, 0.2) is 0 Å². The number of hydrogen-bond donors (Lipinski definition) is 2. The van der Waals surface area contributed by atoms with Gasteiger partial charge in [-0.1, -0.05) is 0 Å². The molecule has 0 aliphatic heterocycles. The molecule has 0 aliphatic rings. The summed E-state index contributed by atoms with van der Waals surface area (Å²) in [6.45, 7) is 3.70. The van der Waals surface area contributed by atoms with Crippen molar-refractivity contribution in [3.05, 3.63) is 0 Å². The number of carbonyl (C=O) groups excluding carboxylic acids is 4. The van der Waals surface area contributed by atoms with E-state index < -0.39 is 37.0 Å². The average molecular weight is 354 g/mol. The predicted octanol–water partition coefficient (Wildman–Crippen LogP) is -0.948. The maximum atomic E-state index is 11.3. The molecule has 0 fully saturated rings. The minimum atomic E-state index is -5.32. The van der Waals surface area contributed by atoms with E-state index in [-0.39, 0.29) is 13.1 Å². The number of rotatable bonds is 7. The Labute approximate surface area is 123 Å². The van der Waals surface area contributed by atoms with Gasteiger partial charge in [-0.2, -0.15) is 0 Å². The van der Waals surface area contributed by atoms with E-state index >= 15 is 0 Å². The Balaban J connectivity index is 6.04. The molecule has 0 radical (unpaired) electrons. The molecule has 0 aromatic carbocycles. The van der Waals surface area contributed by atoms with Crippen LogP contribution in [0.4, 0.5) is 0 Å². The summed E-state index contributed by atoms with van der Waals surface area (Å²) in [5.74, 6) is -4.00. The maximum absolute atomic E-state index is 11.3. The van der Waals surface area contributed by atoms with E-state index in [9.17, 15) is 19.2 Å². The van der Waals surface area contributed by atoms with E-state index in [2.05, 4.69) is 4.37 Å². The van der Waals surface area contributed by atoms with Crippen LogP contribution in [0.25, 0.3) is 0 Å². The van der Waals surface area contributed by atoms with Gasteiger partial charge in [0.2, 0.25) is 0 Å². The molecule has 0 heterocycles. The van der Waals surface area contributed by atoms with Gasteiger partial charge in [-0.3, -0.25) is 0 Å². The molecular formula is C10H19CoN2O8. The SMILES string of the molecule is CC(=O)[O][Co]([NH]CCN)([O]C(C)=O)([O]C(C)=O)[O]C(C)=O. The zero-order valence-electron chi connectivity index (χ0n) is 12.1. The Morgan fingerprint density at radius 3 is 1.29 bits per heavy atom. The van der Waals surface area contributed by atoms with Crippen molar-refractivity contribution in [3.8, 4) is 0 Å². The summed E-state index contributed by atoms with van der Waals surface area (Å²) in [5, 5.41) is 0. The molecule has 0 aromatic heterocycles. The van der Waals surface area contributed by atoms with Crippen molar-refractivity contribution in [2.75, 3.05) is 13.1 Å². The van der Waals surface area contributed by atoms with Gasteiger partial charge in [-0.25, -0.2) is 0 Å². The molecule has 0 saturated carbocycles. The van der Waals surface area contributed by atoms with Crippen LogP contribution in [-0.2, 0) is 47.7 Å². The fourth-order valence-corrected chi connectivity index (χ4v) is 4.23. The van der Waals surface area contributed by atoms with Crippen molar-refractivity contribution >= 4 is 23.9 Å². The molecule has 0 spiro atoms. The van der Waals surface area contributed by atoms with Gasteiger partial charge in [0.05, 0.1) is 0 Å². The summed E-state index contributed by atoms with van der Waals surface area (Å²) in [5.41, 5.74) is 5.31. The number of hydrogen-bond acceptors (Lipinski definition) is 10. The predicted molar refractivity (Wildman–Crippen MR) is 64.1 cm³/mol.